The van der Waals surface area contributed by atoms with E-state index in [9.17, 15) is 4.79 Å². The van der Waals surface area contributed by atoms with Crippen molar-refractivity contribution in [1.29, 1.82) is 0 Å². The van der Waals surface area contributed by atoms with Crippen molar-refractivity contribution >= 4 is 28.8 Å². The summed E-state index contributed by atoms with van der Waals surface area (Å²) in [6.45, 7) is 1.43. The predicted molar refractivity (Wildman–Crippen MR) is 131 cm³/mol. The van der Waals surface area contributed by atoms with E-state index < -0.39 is 0 Å². The maximum absolute atomic E-state index is 13.2. The first-order valence-electron chi connectivity index (χ1n) is 11.8. The zero-order valence-corrected chi connectivity index (χ0v) is 19.1. The lowest BCUT2D eigenvalue weighted by Crippen LogP contribution is -2.61. The van der Waals surface area contributed by atoms with E-state index in [1.165, 1.54) is 25.7 Å². The quantitative estimate of drug-likeness (QED) is 0.756. The Balaban J connectivity index is 1.33. The number of likely N-dealkylation sites (tertiary alicyclic amines) is 1. The molecule has 0 unspecified atom stereocenters. The number of rotatable bonds is 3. The van der Waals surface area contributed by atoms with Crippen LogP contribution in [0.15, 0.2) is 53.5 Å². The van der Waals surface area contributed by atoms with E-state index in [2.05, 4.69) is 28.8 Å². The van der Waals surface area contributed by atoms with Crippen LogP contribution in [-0.4, -0.2) is 55.4 Å². The normalized spacial score (nSPS) is 19.8. The summed E-state index contributed by atoms with van der Waals surface area (Å²) >= 11 is 0. The van der Waals surface area contributed by atoms with Gasteiger partial charge in [0, 0.05) is 44.5 Å². The second-order valence-electron chi connectivity index (χ2n) is 9.54. The number of anilines is 2. The van der Waals surface area contributed by atoms with Gasteiger partial charge in [-0.15, -0.1) is 0 Å². The Morgan fingerprint density at radius 3 is 2.44 bits per heavy atom. The van der Waals surface area contributed by atoms with Crippen LogP contribution in [0.2, 0.25) is 0 Å². The number of nitrogens with zero attached hydrogens (tertiary/aromatic N) is 3. The minimum atomic E-state index is -0.234. The molecule has 2 heterocycles. The van der Waals surface area contributed by atoms with Gasteiger partial charge in [0.05, 0.1) is 16.9 Å². The molecule has 0 aromatic heterocycles. The standard InChI is InChI=1S/C26H33N5O/c1-30(2)21-13-11-19(12-14-21)24(32)31-17-15-26(16-18-31)25(27-20-7-3-4-8-20)28-22-9-5-6-10-23(22)29-26/h5-6,9-14,20,29H,3-4,7-8,15-18H2,1-2H3,(H,27,28). The third-order valence-corrected chi connectivity index (χ3v) is 7.19. The average Bonchev–Trinajstić information content (AvgIpc) is 3.33. The van der Waals surface area contributed by atoms with Crippen LogP contribution in [0.25, 0.3) is 0 Å². The Morgan fingerprint density at radius 2 is 1.75 bits per heavy atom. The summed E-state index contributed by atoms with van der Waals surface area (Å²) in [5, 5.41) is 7.61. The van der Waals surface area contributed by atoms with Gasteiger partial charge in [-0.1, -0.05) is 25.0 Å². The number of amidine groups is 1. The van der Waals surface area contributed by atoms with Gasteiger partial charge in [-0.25, -0.2) is 4.99 Å². The fourth-order valence-corrected chi connectivity index (χ4v) is 5.19. The largest absolute Gasteiger partial charge is 0.378 e. The number of hydrogen-bond acceptors (Lipinski definition) is 5. The fourth-order valence-electron chi connectivity index (χ4n) is 5.19. The highest BCUT2D eigenvalue weighted by atomic mass is 16.2. The van der Waals surface area contributed by atoms with Crippen LogP contribution in [-0.2, 0) is 0 Å². The number of aliphatic imine (C=N–C) groups is 1. The van der Waals surface area contributed by atoms with E-state index in [0.29, 0.717) is 6.04 Å². The number of carbonyl (C=O) groups is 1. The molecule has 2 fully saturated rings. The van der Waals surface area contributed by atoms with Crippen molar-refractivity contribution < 1.29 is 4.79 Å². The highest BCUT2D eigenvalue weighted by Crippen LogP contribution is 2.38. The molecule has 6 nitrogen and oxygen atoms in total. The summed E-state index contributed by atoms with van der Waals surface area (Å²) in [6, 6.07) is 16.7. The van der Waals surface area contributed by atoms with Gasteiger partial charge in [-0.05, 0) is 62.1 Å². The molecule has 0 bridgehead atoms. The van der Waals surface area contributed by atoms with E-state index in [4.69, 9.17) is 4.99 Å². The van der Waals surface area contributed by atoms with Gasteiger partial charge in [-0.3, -0.25) is 4.79 Å². The lowest BCUT2D eigenvalue weighted by molar-refractivity contribution is 0.0704. The number of piperidine rings is 1. The molecule has 1 amide bonds. The van der Waals surface area contributed by atoms with Gasteiger partial charge in [0.2, 0.25) is 0 Å². The SMILES string of the molecule is CN(C)c1ccc(C(=O)N2CCC3(CC2)Nc2ccccc2N=C3NC2CCCC2)cc1. The number of benzene rings is 2. The molecule has 1 aliphatic carbocycles. The molecule has 1 saturated heterocycles. The van der Waals surface area contributed by atoms with Crippen LogP contribution in [0.4, 0.5) is 17.1 Å². The average molecular weight is 432 g/mol. The Morgan fingerprint density at radius 1 is 1.06 bits per heavy atom. The Hall–Kier alpha value is -3.02. The monoisotopic (exact) mass is 431 g/mol. The van der Waals surface area contributed by atoms with Gasteiger partial charge in [0.15, 0.2) is 0 Å². The molecule has 32 heavy (non-hydrogen) atoms. The smallest absolute Gasteiger partial charge is 0.253 e. The van der Waals surface area contributed by atoms with Crippen LogP contribution < -0.4 is 15.5 Å². The summed E-state index contributed by atoms with van der Waals surface area (Å²) in [7, 11) is 4.02. The molecule has 5 rings (SSSR count). The Kier molecular flexibility index (Phi) is 5.53. The molecule has 168 valence electrons. The summed E-state index contributed by atoms with van der Waals surface area (Å²) in [5.41, 5.74) is 3.71. The fraction of sp³-hybridized carbons (Fsp3) is 0.462. The zero-order chi connectivity index (χ0) is 22.1. The summed E-state index contributed by atoms with van der Waals surface area (Å²) in [4.78, 5) is 22.3. The molecular weight excluding hydrogens is 398 g/mol. The molecule has 2 N–H and O–H groups in total. The van der Waals surface area contributed by atoms with Crippen molar-refractivity contribution in [2.24, 2.45) is 4.99 Å². The first-order chi connectivity index (χ1) is 15.5. The molecule has 1 spiro atoms. The second-order valence-corrected chi connectivity index (χ2v) is 9.54. The number of fused-ring (bicyclic) bond motifs is 1. The molecule has 2 aromatic carbocycles. The third-order valence-electron chi connectivity index (χ3n) is 7.19. The van der Waals surface area contributed by atoms with Gasteiger partial charge >= 0.3 is 0 Å². The minimum absolute atomic E-state index is 0.114. The maximum Gasteiger partial charge on any atom is 0.253 e. The van der Waals surface area contributed by atoms with Crippen LogP contribution in [0, 0.1) is 0 Å². The molecule has 3 aliphatic rings. The van der Waals surface area contributed by atoms with E-state index in [-0.39, 0.29) is 11.4 Å². The summed E-state index contributed by atoms with van der Waals surface area (Å²) in [5.74, 6) is 1.18. The van der Waals surface area contributed by atoms with Crippen LogP contribution >= 0.6 is 0 Å². The van der Waals surface area contributed by atoms with Crippen LogP contribution in [0.5, 0.6) is 0 Å². The molecule has 0 radical (unpaired) electrons. The van der Waals surface area contributed by atoms with E-state index >= 15 is 0 Å². The number of para-hydroxylation sites is 2. The third kappa shape index (κ3) is 3.94. The molecule has 2 aliphatic heterocycles. The lowest BCUT2D eigenvalue weighted by atomic mass is 9.83. The summed E-state index contributed by atoms with van der Waals surface area (Å²) in [6.07, 6.45) is 6.70. The highest BCUT2D eigenvalue weighted by Gasteiger charge is 2.43. The molecule has 6 heteroatoms. The van der Waals surface area contributed by atoms with Crippen molar-refractivity contribution in [2.75, 3.05) is 37.4 Å². The zero-order valence-electron chi connectivity index (χ0n) is 19.1. The van der Waals surface area contributed by atoms with E-state index in [1.54, 1.807) is 0 Å². The maximum atomic E-state index is 13.2. The number of carbonyl (C=O) groups excluding carboxylic acids is 1. The molecule has 1 saturated carbocycles. The van der Waals surface area contributed by atoms with Crippen molar-refractivity contribution in [3.05, 3.63) is 54.1 Å². The van der Waals surface area contributed by atoms with Gasteiger partial charge in [0.1, 0.15) is 5.84 Å². The minimum Gasteiger partial charge on any atom is -0.378 e. The first-order valence-corrected chi connectivity index (χ1v) is 11.8. The van der Waals surface area contributed by atoms with Crippen molar-refractivity contribution in [3.63, 3.8) is 0 Å². The van der Waals surface area contributed by atoms with Gasteiger partial charge in [-0.2, -0.15) is 0 Å². The van der Waals surface area contributed by atoms with Crippen molar-refractivity contribution in [3.8, 4) is 0 Å². The number of nitrogens with one attached hydrogen (secondary N) is 2. The Labute approximate surface area is 190 Å². The first kappa shape index (κ1) is 20.9. The van der Waals surface area contributed by atoms with Crippen molar-refractivity contribution in [1.82, 2.24) is 10.2 Å². The topological polar surface area (TPSA) is 60.0 Å². The van der Waals surface area contributed by atoms with E-state index in [1.807, 2.05) is 54.2 Å². The van der Waals surface area contributed by atoms with Crippen LogP contribution in [0.1, 0.15) is 48.9 Å². The number of hydrogen-bond donors (Lipinski definition) is 2. The second kappa shape index (κ2) is 8.49. The Bertz CT molecular complexity index is 999. The van der Waals surface area contributed by atoms with Crippen molar-refractivity contribution in [2.45, 2.75) is 50.1 Å². The molecule has 2 aromatic rings. The van der Waals surface area contributed by atoms with E-state index in [0.717, 1.165) is 54.4 Å². The lowest BCUT2D eigenvalue weighted by Gasteiger charge is -2.46. The molecular formula is C26H33N5O. The summed E-state index contributed by atoms with van der Waals surface area (Å²) < 4.78 is 0. The van der Waals surface area contributed by atoms with Crippen LogP contribution in [0.3, 0.4) is 0 Å². The predicted octanol–water partition coefficient (Wildman–Crippen LogP) is 4.42. The molecule has 0 atom stereocenters. The number of amides is 1. The highest BCUT2D eigenvalue weighted by molar-refractivity contribution is 6.01. The van der Waals surface area contributed by atoms with Gasteiger partial charge in [0.25, 0.3) is 5.91 Å². The van der Waals surface area contributed by atoms with Gasteiger partial charge < -0.3 is 20.4 Å².